The van der Waals surface area contributed by atoms with Crippen molar-refractivity contribution in [2.45, 2.75) is 46.1 Å². The molecular formula is C24H33N3O7. The maximum atomic E-state index is 12.7. The number of benzene rings is 1. The lowest BCUT2D eigenvalue weighted by atomic mass is 9.96. The molecule has 0 radical (unpaired) electrons. The molecule has 0 aliphatic carbocycles. The minimum Gasteiger partial charge on any atom is -0.480 e. The molecule has 10 heteroatoms. The van der Waals surface area contributed by atoms with Crippen LogP contribution in [0.3, 0.4) is 0 Å². The van der Waals surface area contributed by atoms with Gasteiger partial charge in [-0.3, -0.25) is 20.3 Å². The fraction of sp³-hybridized carbons (Fsp3) is 0.542. The van der Waals surface area contributed by atoms with E-state index in [2.05, 4.69) is 5.32 Å². The summed E-state index contributed by atoms with van der Waals surface area (Å²) in [4.78, 5) is 49.4. The maximum Gasteiger partial charge on any atom is 0.412 e. The van der Waals surface area contributed by atoms with E-state index in [1.807, 2.05) is 13.8 Å². The first-order valence-electron chi connectivity index (χ1n) is 11.3. The standard InChI is InChI=1S/C24H33N3O7/c1-15(2)13-34-24(32)26-22(25)18-6-4-17(5-7-18)20(28)12-16(3)23(31)27-10-8-19(9-11-27)33-14-21(29)30/h4-7,15-16,19H,8-14H2,1-3H3,(H,29,30)(H2,25,26,32). The van der Waals surface area contributed by atoms with Crippen molar-refractivity contribution in [3.63, 3.8) is 0 Å². The second-order valence-corrected chi connectivity index (χ2v) is 8.83. The largest absolute Gasteiger partial charge is 0.480 e. The predicted octanol–water partition coefficient (Wildman–Crippen LogP) is 2.70. The molecule has 186 valence electrons. The van der Waals surface area contributed by atoms with Gasteiger partial charge < -0.3 is 19.5 Å². The average molecular weight is 476 g/mol. The van der Waals surface area contributed by atoms with Gasteiger partial charge in [0.15, 0.2) is 5.78 Å². The number of amides is 2. The number of Topliss-reactive ketones (excluding diaryl/α,β-unsaturated/α-hetero) is 1. The Hall–Kier alpha value is -3.27. The Kier molecular flexibility index (Phi) is 10.2. The van der Waals surface area contributed by atoms with Crippen LogP contribution in [0.2, 0.25) is 0 Å². The van der Waals surface area contributed by atoms with E-state index < -0.39 is 18.0 Å². The molecule has 1 unspecified atom stereocenters. The average Bonchev–Trinajstić information content (AvgIpc) is 2.81. The molecule has 1 heterocycles. The minimum atomic E-state index is -1.02. The van der Waals surface area contributed by atoms with Gasteiger partial charge in [-0.05, 0) is 18.8 Å². The molecule has 1 saturated heterocycles. The zero-order valence-electron chi connectivity index (χ0n) is 19.8. The van der Waals surface area contributed by atoms with E-state index in [4.69, 9.17) is 20.0 Å². The third-order valence-corrected chi connectivity index (χ3v) is 5.38. The lowest BCUT2D eigenvalue weighted by Crippen LogP contribution is -2.43. The lowest BCUT2D eigenvalue weighted by Gasteiger charge is -2.33. The molecule has 1 fully saturated rings. The van der Waals surface area contributed by atoms with Gasteiger partial charge in [0.05, 0.1) is 12.7 Å². The Morgan fingerprint density at radius 2 is 1.68 bits per heavy atom. The highest BCUT2D eigenvalue weighted by atomic mass is 16.5. The van der Waals surface area contributed by atoms with Crippen LogP contribution in [0.25, 0.3) is 0 Å². The van der Waals surface area contributed by atoms with Gasteiger partial charge in [0.2, 0.25) is 5.91 Å². The Bertz CT molecular complexity index is 890. The van der Waals surface area contributed by atoms with E-state index in [0.717, 1.165) is 0 Å². The van der Waals surface area contributed by atoms with Gasteiger partial charge in [-0.1, -0.05) is 45.0 Å². The quantitative estimate of drug-likeness (QED) is 0.268. The van der Waals surface area contributed by atoms with Crippen molar-refractivity contribution in [3.05, 3.63) is 35.4 Å². The molecule has 0 bridgehead atoms. The first-order valence-corrected chi connectivity index (χ1v) is 11.3. The van der Waals surface area contributed by atoms with Gasteiger partial charge in [0, 0.05) is 36.6 Å². The Morgan fingerprint density at radius 1 is 1.09 bits per heavy atom. The van der Waals surface area contributed by atoms with E-state index in [1.54, 1.807) is 36.1 Å². The number of carboxylic acid groups (broad SMARTS) is 1. The van der Waals surface area contributed by atoms with E-state index >= 15 is 0 Å². The number of nitrogens with one attached hydrogen (secondary N) is 2. The highest BCUT2D eigenvalue weighted by Crippen LogP contribution is 2.19. The summed E-state index contributed by atoms with van der Waals surface area (Å²) in [5.41, 5.74) is 0.842. The summed E-state index contributed by atoms with van der Waals surface area (Å²) < 4.78 is 10.3. The summed E-state index contributed by atoms with van der Waals surface area (Å²) in [5, 5.41) is 19.0. The molecule has 10 nitrogen and oxygen atoms in total. The molecular weight excluding hydrogens is 442 g/mol. The van der Waals surface area contributed by atoms with E-state index in [1.165, 1.54) is 0 Å². The number of nitrogens with zero attached hydrogens (tertiary/aromatic N) is 1. The van der Waals surface area contributed by atoms with Gasteiger partial charge >= 0.3 is 12.1 Å². The molecule has 34 heavy (non-hydrogen) atoms. The third kappa shape index (κ3) is 8.58. The van der Waals surface area contributed by atoms with Crippen molar-refractivity contribution in [1.82, 2.24) is 10.2 Å². The predicted molar refractivity (Wildman–Crippen MR) is 124 cm³/mol. The minimum absolute atomic E-state index is 0.0465. The number of carbonyl (C=O) groups is 4. The number of aliphatic carboxylic acids is 1. The number of ketones is 1. The van der Waals surface area contributed by atoms with E-state index in [-0.39, 0.29) is 49.2 Å². The third-order valence-electron chi connectivity index (χ3n) is 5.38. The first-order chi connectivity index (χ1) is 16.1. The number of alkyl carbamates (subject to hydrolysis) is 1. The van der Waals surface area contributed by atoms with E-state index in [9.17, 15) is 19.2 Å². The molecule has 0 spiro atoms. The number of amidine groups is 1. The zero-order valence-corrected chi connectivity index (χ0v) is 19.8. The van der Waals surface area contributed by atoms with Crippen molar-refractivity contribution in [1.29, 1.82) is 5.41 Å². The van der Waals surface area contributed by atoms with Crippen molar-refractivity contribution in [3.8, 4) is 0 Å². The number of hydrogen-bond donors (Lipinski definition) is 3. The Balaban J connectivity index is 1.82. The smallest absolute Gasteiger partial charge is 0.412 e. The summed E-state index contributed by atoms with van der Waals surface area (Å²) in [6.07, 6.45) is 0.285. The van der Waals surface area contributed by atoms with Gasteiger partial charge in [-0.2, -0.15) is 0 Å². The zero-order chi connectivity index (χ0) is 25.3. The number of piperidine rings is 1. The first kappa shape index (κ1) is 27.0. The van der Waals surface area contributed by atoms with Crippen LogP contribution < -0.4 is 5.32 Å². The van der Waals surface area contributed by atoms with Crippen molar-refractivity contribution in [2.75, 3.05) is 26.3 Å². The lowest BCUT2D eigenvalue weighted by molar-refractivity contribution is -0.147. The molecule has 2 rings (SSSR count). The topological polar surface area (TPSA) is 146 Å². The second kappa shape index (κ2) is 12.8. The van der Waals surface area contributed by atoms with Crippen LogP contribution >= 0.6 is 0 Å². The molecule has 1 atom stereocenters. The van der Waals surface area contributed by atoms with Crippen LogP contribution in [0.5, 0.6) is 0 Å². The number of carboxylic acids is 1. The van der Waals surface area contributed by atoms with Crippen LogP contribution in [0, 0.1) is 17.2 Å². The van der Waals surface area contributed by atoms with Gasteiger partial charge in [0.25, 0.3) is 0 Å². The van der Waals surface area contributed by atoms with E-state index in [0.29, 0.717) is 37.1 Å². The van der Waals surface area contributed by atoms with Crippen LogP contribution in [0.1, 0.15) is 56.0 Å². The summed E-state index contributed by atoms with van der Waals surface area (Å²) in [6.45, 7) is 6.36. The fourth-order valence-corrected chi connectivity index (χ4v) is 3.50. The summed E-state index contributed by atoms with van der Waals surface area (Å²) in [7, 11) is 0. The number of ether oxygens (including phenoxy) is 2. The van der Waals surface area contributed by atoms with Crippen LogP contribution in [-0.2, 0) is 19.1 Å². The van der Waals surface area contributed by atoms with Crippen LogP contribution in [0.15, 0.2) is 24.3 Å². The molecule has 3 N–H and O–H groups in total. The second-order valence-electron chi connectivity index (χ2n) is 8.83. The van der Waals surface area contributed by atoms with Crippen molar-refractivity contribution < 1.29 is 33.8 Å². The maximum absolute atomic E-state index is 12.7. The highest BCUT2D eigenvalue weighted by Gasteiger charge is 2.28. The highest BCUT2D eigenvalue weighted by molar-refractivity contribution is 6.05. The van der Waals surface area contributed by atoms with Crippen molar-refractivity contribution in [2.24, 2.45) is 11.8 Å². The molecule has 1 aliphatic heterocycles. The Labute approximate surface area is 199 Å². The number of hydrogen-bond acceptors (Lipinski definition) is 7. The number of rotatable bonds is 10. The number of likely N-dealkylation sites (tertiary alicyclic amines) is 1. The van der Waals surface area contributed by atoms with Crippen molar-refractivity contribution >= 4 is 29.6 Å². The van der Waals surface area contributed by atoms with Crippen LogP contribution in [-0.4, -0.2) is 72.0 Å². The van der Waals surface area contributed by atoms with Gasteiger partial charge in [-0.25, -0.2) is 9.59 Å². The van der Waals surface area contributed by atoms with Crippen LogP contribution in [0.4, 0.5) is 4.79 Å². The Morgan fingerprint density at radius 3 is 2.24 bits per heavy atom. The molecule has 1 aliphatic rings. The monoisotopic (exact) mass is 475 g/mol. The summed E-state index contributed by atoms with van der Waals surface area (Å²) >= 11 is 0. The normalized spacial score (nSPS) is 15.0. The number of carbonyl (C=O) groups excluding carboxylic acids is 3. The van der Waals surface area contributed by atoms with Gasteiger partial charge in [-0.15, -0.1) is 0 Å². The molecule has 1 aromatic rings. The SMILES string of the molecule is CC(C)COC(=O)NC(=N)c1ccc(C(=O)CC(C)C(=O)N2CCC(OCC(=O)O)CC2)cc1. The molecule has 1 aromatic carbocycles. The summed E-state index contributed by atoms with van der Waals surface area (Å²) in [6, 6.07) is 6.25. The molecule has 0 saturated carbocycles. The molecule has 0 aromatic heterocycles. The fourth-order valence-electron chi connectivity index (χ4n) is 3.50. The summed E-state index contributed by atoms with van der Waals surface area (Å²) in [5.74, 6) is -1.78. The molecule has 2 amide bonds. The van der Waals surface area contributed by atoms with Gasteiger partial charge in [0.1, 0.15) is 12.4 Å².